The van der Waals surface area contributed by atoms with Gasteiger partial charge in [0.05, 0.1) is 6.04 Å². The van der Waals surface area contributed by atoms with Crippen molar-refractivity contribution in [2.24, 2.45) is 0 Å². The van der Waals surface area contributed by atoms with Crippen LogP contribution in [0.1, 0.15) is 42.0 Å². The number of hydrogen-bond acceptors (Lipinski definition) is 2. The third-order valence-electron chi connectivity index (χ3n) is 5.82. The summed E-state index contributed by atoms with van der Waals surface area (Å²) in [7, 11) is 0. The molecule has 1 heterocycles. The van der Waals surface area contributed by atoms with Gasteiger partial charge >= 0.3 is 0 Å². The van der Waals surface area contributed by atoms with E-state index in [0.717, 1.165) is 17.2 Å². The number of nitrogens with one attached hydrogen (secondary N) is 1. The van der Waals surface area contributed by atoms with Crippen LogP contribution >= 0.6 is 0 Å². The van der Waals surface area contributed by atoms with Gasteiger partial charge in [0, 0.05) is 31.0 Å². The molecule has 4 rings (SSSR count). The number of rotatable bonds is 7. The molecule has 0 bridgehead atoms. The van der Waals surface area contributed by atoms with E-state index in [4.69, 9.17) is 0 Å². The van der Waals surface area contributed by atoms with Crippen LogP contribution in [-0.2, 0) is 16.1 Å². The smallest absolute Gasteiger partial charge is 0.223 e. The largest absolute Gasteiger partial charge is 0.345 e. The fourth-order valence-corrected chi connectivity index (χ4v) is 4.16. The van der Waals surface area contributed by atoms with Crippen LogP contribution in [0.4, 0.5) is 8.78 Å². The molecule has 1 aliphatic heterocycles. The van der Waals surface area contributed by atoms with Crippen molar-refractivity contribution in [2.75, 3.05) is 0 Å². The number of carbonyl (C=O) groups is 2. The van der Waals surface area contributed by atoms with Gasteiger partial charge in [0.1, 0.15) is 0 Å². The minimum Gasteiger partial charge on any atom is -0.345 e. The van der Waals surface area contributed by atoms with Gasteiger partial charge in [-0.1, -0.05) is 72.8 Å². The quantitative estimate of drug-likeness (QED) is 0.583. The number of likely N-dealkylation sites (tertiary alicyclic amines) is 1. The second kappa shape index (κ2) is 9.73. The van der Waals surface area contributed by atoms with Crippen molar-refractivity contribution in [3.63, 3.8) is 0 Å². The maximum Gasteiger partial charge on any atom is 0.223 e. The molecule has 1 fully saturated rings. The van der Waals surface area contributed by atoms with E-state index in [-0.39, 0.29) is 48.8 Å². The number of amides is 2. The van der Waals surface area contributed by atoms with Crippen molar-refractivity contribution in [1.29, 1.82) is 0 Å². The second-order valence-electron chi connectivity index (χ2n) is 7.95. The lowest BCUT2D eigenvalue weighted by Gasteiger charge is -2.26. The molecule has 1 unspecified atom stereocenters. The Hall–Kier alpha value is -3.54. The first-order chi connectivity index (χ1) is 15.5. The Kier molecular flexibility index (Phi) is 6.59. The van der Waals surface area contributed by atoms with E-state index < -0.39 is 11.6 Å². The van der Waals surface area contributed by atoms with Crippen LogP contribution in [0.25, 0.3) is 0 Å². The number of nitrogens with zero attached hydrogens (tertiary/aromatic N) is 1. The van der Waals surface area contributed by atoms with E-state index in [1.807, 2.05) is 60.7 Å². The Balaban J connectivity index is 1.49. The van der Waals surface area contributed by atoms with Crippen molar-refractivity contribution < 1.29 is 18.4 Å². The first-order valence-corrected chi connectivity index (χ1v) is 10.6. The molecule has 0 spiro atoms. The third-order valence-corrected chi connectivity index (χ3v) is 5.82. The highest BCUT2D eigenvalue weighted by atomic mass is 19.2. The number of halogens is 2. The fourth-order valence-electron chi connectivity index (χ4n) is 4.16. The molecule has 6 heteroatoms. The van der Waals surface area contributed by atoms with Gasteiger partial charge in [0.15, 0.2) is 11.6 Å². The summed E-state index contributed by atoms with van der Waals surface area (Å²) < 4.78 is 27.7. The molecule has 1 atom stereocenters. The van der Waals surface area contributed by atoms with E-state index in [0.29, 0.717) is 6.42 Å². The Labute approximate surface area is 185 Å². The fraction of sp³-hybridized carbons (Fsp3) is 0.231. The van der Waals surface area contributed by atoms with Crippen LogP contribution in [0.3, 0.4) is 0 Å². The number of hydrogen-bond donors (Lipinski definition) is 1. The van der Waals surface area contributed by atoms with Gasteiger partial charge in [0.25, 0.3) is 0 Å². The van der Waals surface area contributed by atoms with Crippen molar-refractivity contribution in [3.05, 3.63) is 107 Å². The Morgan fingerprint density at radius 1 is 0.938 bits per heavy atom. The summed E-state index contributed by atoms with van der Waals surface area (Å²) in [6.07, 6.45) is 0.888. The van der Waals surface area contributed by atoms with Gasteiger partial charge in [-0.3, -0.25) is 9.59 Å². The molecule has 4 nitrogen and oxygen atoms in total. The number of carbonyl (C=O) groups excluding carboxylic acids is 2. The zero-order valence-electron chi connectivity index (χ0n) is 17.5. The van der Waals surface area contributed by atoms with Crippen LogP contribution in [0.15, 0.2) is 78.9 Å². The van der Waals surface area contributed by atoms with E-state index in [1.165, 1.54) is 17.0 Å². The highest BCUT2D eigenvalue weighted by molar-refractivity contribution is 5.82. The summed E-state index contributed by atoms with van der Waals surface area (Å²) in [5.74, 6) is -2.26. The minimum absolute atomic E-state index is 0.0544. The molecular weight excluding hydrogens is 410 g/mol. The van der Waals surface area contributed by atoms with Crippen LogP contribution in [-0.4, -0.2) is 22.8 Å². The highest BCUT2D eigenvalue weighted by Gasteiger charge is 2.33. The van der Waals surface area contributed by atoms with Crippen LogP contribution < -0.4 is 5.32 Å². The molecule has 0 radical (unpaired) electrons. The Bertz CT molecular complexity index is 1050. The molecule has 1 aliphatic rings. The minimum atomic E-state index is -0.955. The molecule has 3 aromatic rings. The Morgan fingerprint density at radius 2 is 1.56 bits per heavy atom. The molecule has 164 valence electrons. The van der Waals surface area contributed by atoms with Gasteiger partial charge in [-0.15, -0.1) is 0 Å². The molecule has 0 saturated carbocycles. The van der Waals surface area contributed by atoms with E-state index in [2.05, 4.69) is 5.32 Å². The van der Waals surface area contributed by atoms with Crippen molar-refractivity contribution >= 4 is 11.8 Å². The lowest BCUT2D eigenvalue weighted by Crippen LogP contribution is -2.38. The second-order valence-corrected chi connectivity index (χ2v) is 7.95. The normalized spacial score (nSPS) is 15.9. The first-order valence-electron chi connectivity index (χ1n) is 10.6. The molecule has 1 N–H and O–H groups in total. The standard InChI is InChI=1S/C26H24F2N2O2/c27-22-13-7-12-20(25(22)28)17-30-21(14-15-24(30)32)16-23(31)29-26(18-8-3-1-4-9-18)19-10-5-2-6-11-19/h1-13,21,26H,14-17H2,(H,29,31). The molecule has 32 heavy (non-hydrogen) atoms. The monoisotopic (exact) mass is 434 g/mol. The summed E-state index contributed by atoms with van der Waals surface area (Å²) in [5.41, 5.74) is 2.01. The zero-order valence-corrected chi connectivity index (χ0v) is 17.5. The van der Waals surface area contributed by atoms with Gasteiger partial charge < -0.3 is 10.2 Å². The van der Waals surface area contributed by atoms with Crippen molar-refractivity contribution in [3.8, 4) is 0 Å². The summed E-state index contributed by atoms with van der Waals surface area (Å²) in [6, 6.07) is 22.6. The average Bonchev–Trinajstić information content (AvgIpc) is 3.15. The lowest BCUT2D eigenvalue weighted by molar-refractivity contribution is -0.130. The maximum atomic E-state index is 14.1. The average molecular weight is 434 g/mol. The molecule has 0 aromatic heterocycles. The number of benzene rings is 3. The summed E-state index contributed by atoms with van der Waals surface area (Å²) in [6.45, 7) is -0.0544. The topological polar surface area (TPSA) is 49.4 Å². The van der Waals surface area contributed by atoms with Gasteiger partial charge in [-0.25, -0.2) is 8.78 Å². The summed E-state index contributed by atoms with van der Waals surface area (Å²) in [4.78, 5) is 26.9. The van der Waals surface area contributed by atoms with Crippen LogP contribution in [0, 0.1) is 11.6 Å². The van der Waals surface area contributed by atoms with Gasteiger partial charge in [-0.2, -0.15) is 0 Å². The zero-order chi connectivity index (χ0) is 22.5. The van der Waals surface area contributed by atoms with Crippen molar-refractivity contribution in [1.82, 2.24) is 10.2 Å². The van der Waals surface area contributed by atoms with Gasteiger partial charge in [-0.05, 0) is 23.6 Å². The predicted molar refractivity (Wildman–Crippen MR) is 117 cm³/mol. The lowest BCUT2D eigenvalue weighted by atomic mass is 9.98. The van der Waals surface area contributed by atoms with Crippen LogP contribution in [0.2, 0.25) is 0 Å². The van der Waals surface area contributed by atoms with E-state index in [9.17, 15) is 18.4 Å². The van der Waals surface area contributed by atoms with Crippen molar-refractivity contribution in [2.45, 2.75) is 37.9 Å². The summed E-state index contributed by atoms with van der Waals surface area (Å²) >= 11 is 0. The van der Waals surface area contributed by atoms with E-state index in [1.54, 1.807) is 0 Å². The van der Waals surface area contributed by atoms with Gasteiger partial charge in [0.2, 0.25) is 11.8 Å². The predicted octanol–water partition coefficient (Wildman–Crippen LogP) is 4.75. The maximum absolute atomic E-state index is 14.1. The molecular formula is C26H24F2N2O2. The molecule has 2 amide bonds. The van der Waals surface area contributed by atoms with E-state index >= 15 is 0 Å². The third kappa shape index (κ3) is 4.85. The summed E-state index contributed by atoms with van der Waals surface area (Å²) in [5, 5.41) is 3.09. The first kappa shape index (κ1) is 21.7. The SMILES string of the molecule is O=C(CC1CCC(=O)N1Cc1cccc(F)c1F)NC(c1ccccc1)c1ccccc1. The molecule has 0 aliphatic carbocycles. The molecule has 1 saturated heterocycles. The molecule has 3 aromatic carbocycles. The highest BCUT2D eigenvalue weighted by Crippen LogP contribution is 2.27. The van der Waals surface area contributed by atoms with Crippen LogP contribution in [0.5, 0.6) is 0 Å². The Morgan fingerprint density at radius 3 is 2.19 bits per heavy atom.